The molecule has 0 saturated carbocycles. The van der Waals surface area contributed by atoms with Crippen LogP contribution in [0.5, 0.6) is 0 Å². The zero-order chi connectivity index (χ0) is 7.82. The highest BCUT2D eigenvalue weighted by molar-refractivity contribution is 5.19. The summed E-state index contributed by atoms with van der Waals surface area (Å²) in [5, 5.41) is 0. The van der Waals surface area contributed by atoms with E-state index in [-0.39, 0.29) is 0 Å². The quantitative estimate of drug-likeness (QED) is 0.308. The van der Waals surface area contributed by atoms with Gasteiger partial charge in [-0.3, -0.25) is 0 Å². The van der Waals surface area contributed by atoms with Crippen LogP contribution in [0.15, 0.2) is 29.5 Å². The molecule has 10 heavy (non-hydrogen) atoms. The Labute approximate surface area is 63.0 Å². The van der Waals surface area contributed by atoms with Crippen molar-refractivity contribution in [3.63, 3.8) is 0 Å². The molecule has 52 valence electrons. The van der Waals surface area contributed by atoms with Crippen molar-refractivity contribution in [2.24, 2.45) is 0 Å². The summed E-state index contributed by atoms with van der Waals surface area (Å²) in [5.74, 6) is 2.38. The van der Waals surface area contributed by atoms with Gasteiger partial charge in [-0.25, -0.2) is 0 Å². The molecule has 0 aliphatic carbocycles. The molecule has 0 amide bonds. The normalized spacial score (nSPS) is 9.50. The average molecular weight is 132 g/mol. The summed E-state index contributed by atoms with van der Waals surface area (Å²) in [4.78, 5) is 0. The van der Waals surface area contributed by atoms with Gasteiger partial charge in [0, 0.05) is 6.08 Å². The van der Waals surface area contributed by atoms with Crippen molar-refractivity contribution in [2.45, 2.75) is 20.3 Å². The maximum atomic E-state index is 4.99. The minimum atomic E-state index is 1.03. The van der Waals surface area contributed by atoms with E-state index < -0.39 is 0 Å². The predicted octanol–water partition coefficient (Wildman–Crippen LogP) is 2.69. The van der Waals surface area contributed by atoms with E-state index in [0.29, 0.717) is 0 Å². The fourth-order valence-electron chi connectivity index (χ4n) is 0.586. The van der Waals surface area contributed by atoms with Crippen molar-refractivity contribution in [3.05, 3.63) is 29.5 Å². The Kier molecular flexibility index (Phi) is 5.25. The van der Waals surface area contributed by atoms with Gasteiger partial charge >= 0.3 is 0 Å². The largest absolute Gasteiger partial charge is 0.115 e. The molecule has 0 rings (SSSR count). The average Bonchev–Trinajstić information content (AvgIpc) is 1.99. The Balaban J connectivity index is 4.14. The molecule has 0 N–H and O–H groups in total. The molecule has 0 radical (unpaired) electrons. The first-order valence-corrected chi connectivity index (χ1v) is 3.37. The van der Waals surface area contributed by atoms with Gasteiger partial charge < -0.3 is 0 Å². The van der Waals surface area contributed by atoms with Crippen LogP contribution in [0.25, 0.3) is 0 Å². The van der Waals surface area contributed by atoms with E-state index in [4.69, 9.17) is 6.42 Å². The highest BCUT2D eigenvalue weighted by Crippen LogP contribution is 1.99. The Morgan fingerprint density at radius 2 is 2.30 bits per heavy atom. The molecule has 0 aromatic carbocycles. The molecule has 0 aliphatic heterocycles. The van der Waals surface area contributed by atoms with Crippen LogP contribution in [-0.4, -0.2) is 0 Å². The summed E-state index contributed by atoms with van der Waals surface area (Å²) in [6.45, 7) is 4.11. The fourth-order valence-corrected chi connectivity index (χ4v) is 0.586. The molecule has 0 fully saturated rings. The van der Waals surface area contributed by atoms with Gasteiger partial charge in [-0.15, -0.1) is 12.2 Å². The third-order valence-electron chi connectivity index (χ3n) is 1.21. The summed E-state index contributed by atoms with van der Waals surface area (Å²) >= 11 is 0. The second kappa shape index (κ2) is 5.95. The van der Waals surface area contributed by atoms with E-state index >= 15 is 0 Å². The third kappa shape index (κ3) is 3.78. The maximum Gasteiger partial charge on any atom is 0.0299 e. The second-order valence-electron chi connectivity index (χ2n) is 1.84. The zero-order valence-corrected chi connectivity index (χ0v) is 6.52. The molecule has 0 aromatic heterocycles. The van der Waals surface area contributed by atoms with E-state index in [9.17, 15) is 0 Å². The number of hydrogen-bond acceptors (Lipinski definition) is 0. The molecule has 0 saturated heterocycles. The van der Waals surface area contributed by atoms with Crippen molar-refractivity contribution in [1.29, 1.82) is 0 Å². The van der Waals surface area contributed by atoms with E-state index in [1.165, 1.54) is 5.57 Å². The standard InChI is InChI=1S/C10H12/c1-4-7-8-9-10(5-2)6-3/h1,5,7,9H,6H2,2-3H3/b10-5-. The Bertz CT molecular complexity index is 205. The minimum absolute atomic E-state index is 1.03. The lowest BCUT2D eigenvalue weighted by Crippen LogP contribution is -1.68. The van der Waals surface area contributed by atoms with Crippen LogP contribution in [0.2, 0.25) is 0 Å². The molecular weight excluding hydrogens is 120 g/mol. The van der Waals surface area contributed by atoms with Gasteiger partial charge in [0.15, 0.2) is 0 Å². The first-order valence-electron chi connectivity index (χ1n) is 3.37. The zero-order valence-electron chi connectivity index (χ0n) is 6.52. The summed E-state index contributed by atoms with van der Waals surface area (Å²) in [6, 6.07) is 0. The van der Waals surface area contributed by atoms with Crippen molar-refractivity contribution in [1.82, 2.24) is 0 Å². The molecule has 0 heteroatoms. The van der Waals surface area contributed by atoms with Crippen LogP contribution < -0.4 is 0 Å². The summed E-state index contributed by atoms with van der Waals surface area (Å²) < 4.78 is 0. The molecule has 0 bridgehead atoms. The highest BCUT2D eigenvalue weighted by Gasteiger charge is 1.80. The summed E-state index contributed by atoms with van der Waals surface area (Å²) in [7, 11) is 0. The molecule has 0 atom stereocenters. The SMILES string of the molecule is C#CC=C=C/C(=C\C)CC. The van der Waals surface area contributed by atoms with E-state index in [1.54, 1.807) is 6.08 Å². The number of terminal acetylenes is 1. The lowest BCUT2D eigenvalue weighted by Gasteiger charge is -1.88. The van der Waals surface area contributed by atoms with E-state index in [1.807, 2.05) is 13.0 Å². The lowest BCUT2D eigenvalue weighted by molar-refractivity contribution is 1.14. The Morgan fingerprint density at radius 1 is 1.60 bits per heavy atom. The smallest absolute Gasteiger partial charge is 0.0299 e. The minimum Gasteiger partial charge on any atom is -0.115 e. The highest BCUT2D eigenvalue weighted by atomic mass is 13.9. The van der Waals surface area contributed by atoms with Crippen molar-refractivity contribution in [3.8, 4) is 12.3 Å². The first kappa shape index (κ1) is 8.82. The van der Waals surface area contributed by atoms with Gasteiger partial charge in [0.05, 0.1) is 0 Å². The van der Waals surface area contributed by atoms with Crippen molar-refractivity contribution < 1.29 is 0 Å². The number of rotatable bonds is 2. The summed E-state index contributed by atoms with van der Waals surface area (Å²) in [5.41, 5.74) is 4.14. The molecule has 0 aliphatic rings. The van der Waals surface area contributed by atoms with Gasteiger partial charge in [-0.05, 0) is 25.0 Å². The van der Waals surface area contributed by atoms with Crippen LogP contribution in [0.4, 0.5) is 0 Å². The van der Waals surface area contributed by atoms with Crippen LogP contribution in [0.3, 0.4) is 0 Å². The first-order chi connectivity index (χ1) is 4.85. The Morgan fingerprint density at radius 3 is 2.70 bits per heavy atom. The fraction of sp³-hybridized carbons (Fsp3) is 0.300. The van der Waals surface area contributed by atoms with Gasteiger partial charge in [0.1, 0.15) is 0 Å². The van der Waals surface area contributed by atoms with Gasteiger partial charge in [-0.2, -0.15) is 0 Å². The topological polar surface area (TPSA) is 0 Å². The number of hydrogen-bond donors (Lipinski definition) is 0. The molecule has 0 nitrogen and oxygen atoms in total. The number of allylic oxidation sites excluding steroid dienone is 3. The molecule has 0 aromatic rings. The van der Waals surface area contributed by atoms with Crippen LogP contribution >= 0.6 is 0 Å². The summed E-state index contributed by atoms with van der Waals surface area (Å²) in [6.07, 6.45) is 11.5. The molecule has 0 heterocycles. The van der Waals surface area contributed by atoms with Gasteiger partial charge in [0.25, 0.3) is 0 Å². The van der Waals surface area contributed by atoms with Crippen molar-refractivity contribution >= 4 is 0 Å². The molecule has 0 unspecified atom stereocenters. The van der Waals surface area contributed by atoms with Crippen LogP contribution in [0, 0.1) is 12.3 Å². The van der Waals surface area contributed by atoms with Crippen molar-refractivity contribution in [2.75, 3.05) is 0 Å². The van der Waals surface area contributed by atoms with Crippen LogP contribution in [0.1, 0.15) is 20.3 Å². The predicted molar refractivity (Wildman–Crippen MR) is 45.5 cm³/mol. The maximum absolute atomic E-state index is 4.99. The van der Waals surface area contributed by atoms with Gasteiger partial charge in [0.2, 0.25) is 0 Å². The van der Waals surface area contributed by atoms with Crippen LogP contribution in [-0.2, 0) is 0 Å². The Hall–Kier alpha value is -1.18. The van der Waals surface area contributed by atoms with E-state index in [2.05, 4.69) is 24.7 Å². The van der Waals surface area contributed by atoms with E-state index in [0.717, 1.165) is 6.42 Å². The monoisotopic (exact) mass is 132 g/mol. The van der Waals surface area contributed by atoms with Gasteiger partial charge in [-0.1, -0.05) is 18.9 Å². The lowest BCUT2D eigenvalue weighted by atomic mass is 10.2. The molecule has 0 spiro atoms. The third-order valence-corrected chi connectivity index (χ3v) is 1.21. The molecular formula is C10H12. The second-order valence-corrected chi connectivity index (χ2v) is 1.84.